The van der Waals surface area contributed by atoms with Crippen LogP contribution in [-0.4, -0.2) is 15.9 Å². The summed E-state index contributed by atoms with van der Waals surface area (Å²) in [5.74, 6) is 1.70. The molecule has 0 saturated heterocycles. The highest BCUT2D eigenvalue weighted by Gasteiger charge is 2.11. The number of hydrogen-bond donors (Lipinski definition) is 0. The van der Waals surface area contributed by atoms with Crippen LogP contribution in [0.4, 0.5) is 0 Å². The van der Waals surface area contributed by atoms with Gasteiger partial charge in [-0.3, -0.25) is 4.79 Å². The highest BCUT2D eigenvalue weighted by atomic mass is 35.5. The van der Waals surface area contributed by atoms with Gasteiger partial charge >= 0.3 is 0 Å². The smallest absolute Gasteiger partial charge is 0.234 e. The largest absolute Gasteiger partial charge is 0.339 e. The summed E-state index contributed by atoms with van der Waals surface area (Å²) in [6.07, 6.45) is 1.61. The Morgan fingerprint density at radius 3 is 3.05 bits per heavy atom. The lowest BCUT2D eigenvalue weighted by Gasteiger charge is -1.98. The fourth-order valence-corrected chi connectivity index (χ4v) is 2.71. The van der Waals surface area contributed by atoms with Crippen LogP contribution < -0.4 is 0 Å². The number of aromatic nitrogens is 2. The lowest BCUT2D eigenvalue weighted by molar-refractivity contribution is -0.118. The Balaban J connectivity index is 1.88. The number of hydrogen-bond acceptors (Lipinski definition) is 5. The number of carbonyl (C=O) groups is 1. The Morgan fingerprint density at radius 2 is 2.30 bits per heavy atom. The van der Waals surface area contributed by atoms with Crippen LogP contribution in [-0.2, 0) is 17.0 Å². The van der Waals surface area contributed by atoms with Gasteiger partial charge in [-0.25, -0.2) is 0 Å². The molecule has 2 rings (SSSR count). The van der Waals surface area contributed by atoms with E-state index in [2.05, 4.69) is 10.1 Å². The van der Waals surface area contributed by atoms with E-state index in [-0.39, 0.29) is 12.2 Å². The molecule has 6 heteroatoms. The lowest BCUT2D eigenvalue weighted by atomic mass is 10.2. The first-order valence-corrected chi connectivity index (χ1v) is 7.75. The van der Waals surface area contributed by atoms with Crippen LogP contribution in [0.1, 0.15) is 31.5 Å². The Morgan fingerprint density at radius 1 is 1.45 bits per heavy atom. The van der Waals surface area contributed by atoms with Gasteiger partial charge in [-0.05, 0) is 24.6 Å². The predicted octanol–water partition coefficient (Wildman–Crippen LogP) is 3.93. The molecule has 2 aromatic rings. The van der Waals surface area contributed by atoms with Crippen molar-refractivity contribution in [2.45, 2.75) is 36.8 Å². The molecule has 1 aromatic heterocycles. The third-order valence-electron chi connectivity index (χ3n) is 2.55. The van der Waals surface area contributed by atoms with Gasteiger partial charge in [-0.1, -0.05) is 29.7 Å². The van der Waals surface area contributed by atoms with Crippen molar-refractivity contribution in [3.8, 4) is 0 Å². The summed E-state index contributed by atoms with van der Waals surface area (Å²) in [5, 5.41) is 4.58. The molecule has 0 unspecified atom stereocenters. The molecule has 0 amide bonds. The van der Waals surface area contributed by atoms with Crippen LogP contribution in [0, 0.1) is 0 Å². The van der Waals surface area contributed by atoms with Crippen LogP contribution in [0.15, 0.2) is 33.7 Å². The van der Waals surface area contributed by atoms with Crippen LogP contribution in [0.25, 0.3) is 0 Å². The molecule has 0 fully saturated rings. The van der Waals surface area contributed by atoms with Crippen LogP contribution in [0.2, 0.25) is 5.02 Å². The molecular formula is C14H15ClN2O2S. The molecule has 0 atom stereocenters. The molecule has 1 aromatic carbocycles. The second-order valence-electron chi connectivity index (χ2n) is 4.32. The highest BCUT2D eigenvalue weighted by Crippen LogP contribution is 2.24. The predicted molar refractivity (Wildman–Crippen MR) is 78.9 cm³/mol. The van der Waals surface area contributed by atoms with Crippen molar-refractivity contribution in [1.29, 1.82) is 0 Å². The van der Waals surface area contributed by atoms with E-state index in [1.165, 1.54) is 0 Å². The van der Waals surface area contributed by atoms with Gasteiger partial charge in [-0.2, -0.15) is 4.98 Å². The molecule has 4 nitrogen and oxygen atoms in total. The number of halogens is 1. The molecular weight excluding hydrogens is 296 g/mol. The maximum atomic E-state index is 11.5. The molecule has 1 heterocycles. The van der Waals surface area contributed by atoms with Crippen LogP contribution in [0.5, 0.6) is 0 Å². The van der Waals surface area contributed by atoms with E-state index >= 15 is 0 Å². The van der Waals surface area contributed by atoms with Crippen LogP contribution >= 0.6 is 23.4 Å². The Hall–Kier alpha value is -1.33. The zero-order valence-corrected chi connectivity index (χ0v) is 12.7. The number of thioether (sulfide) groups is 1. The molecule has 0 radical (unpaired) electrons. The van der Waals surface area contributed by atoms with E-state index in [0.29, 0.717) is 28.9 Å². The zero-order valence-electron chi connectivity index (χ0n) is 11.1. The van der Waals surface area contributed by atoms with Gasteiger partial charge in [-0.15, -0.1) is 11.8 Å². The Labute approximate surface area is 126 Å². The minimum atomic E-state index is 0.130. The van der Waals surface area contributed by atoms with Gasteiger partial charge in [0.1, 0.15) is 5.78 Å². The average molecular weight is 311 g/mol. The van der Waals surface area contributed by atoms with Gasteiger partial charge in [0.2, 0.25) is 5.89 Å². The van der Waals surface area contributed by atoms with E-state index in [4.69, 9.17) is 16.1 Å². The van der Waals surface area contributed by atoms with Gasteiger partial charge < -0.3 is 4.52 Å². The molecule has 0 spiro atoms. The first-order chi connectivity index (χ1) is 9.67. The molecule has 0 aliphatic heterocycles. The van der Waals surface area contributed by atoms with Crippen molar-refractivity contribution >= 4 is 29.1 Å². The molecule has 0 bridgehead atoms. The number of Topliss-reactive ketones (excluding diaryl/α,β-unsaturated/α-hetero) is 1. The van der Waals surface area contributed by atoms with Crippen molar-refractivity contribution in [2.75, 3.05) is 0 Å². The number of carbonyl (C=O) groups excluding carboxylic acids is 1. The average Bonchev–Trinajstić information content (AvgIpc) is 2.84. The minimum Gasteiger partial charge on any atom is -0.339 e. The fourth-order valence-electron chi connectivity index (χ4n) is 1.66. The number of rotatable bonds is 7. The van der Waals surface area contributed by atoms with E-state index < -0.39 is 0 Å². The normalized spacial score (nSPS) is 10.7. The summed E-state index contributed by atoms with van der Waals surface area (Å²) in [5.41, 5.74) is 0. The summed E-state index contributed by atoms with van der Waals surface area (Å²) >= 11 is 7.49. The second kappa shape index (κ2) is 7.45. The summed E-state index contributed by atoms with van der Waals surface area (Å²) in [7, 11) is 0. The molecule has 0 aliphatic rings. The Kier molecular flexibility index (Phi) is 5.61. The highest BCUT2D eigenvalue weighted by molar-refractivity contribution is 7.98. The lowest BCUT2D eigenvalue weighted by Crippen LogP contribution is -2.02. The zero-order chi connectivity index (χ0) is 14.4. The van der Waals surface area contributed by atoms with Gasteiger partial charge in [0.15, 0.2) is 5.82 Å². The first kappa shape index (κ1) is 15.1. The monoisotopic (exact) mass is 310 g/mol. The van der Waals surface area contributed by atoms with Crippen LogP contribution in [0.3, 0.4) is 0 Å². The minimum absolute atomic E-state index is 0.130. The fraction of sp³-hybridized carbons (Fsp3) is 0.357. The topological polar surface area (TPSA) is 56.0 Å². The third kappa shape index (κ3) is 4.65. The maximum absolute atomic E-state index is 11.5. The van der Waals surface area contributed by atoms with Crippen molar-refractivity contribution in [3.05, 3.63) is 41.0 Å². The van der Waals surface area contributed by atoms with E-state index in [9.17, 15) is 4.79 Å². The summed E-state index contributed by atoms with van der Waals surface area (Å²) in [4.78, 5) is 16.8. The van der Waals surface area contributed by atoms with Crippen molar-refractivity contribution in [1.82, 2.24) is 10.1 Å². The molecule has 106 valence electrons. The van der Waals surface area contributed by atoms with Crippen molar-refractivity contribution in [3.63, 3.8) is 0 Å². The standard InChI is InChI=1S/C14H15ClN2O2S/c1-2-4-11(18)8-14-16-13(17-19-14)9-20-12-6-3-5-10(15)7-12/h3,5-7H,2,4,8-9H2,1H3. The summed E-state index contributed by atoms with van der Waals surface area (Å²) in [6.45, 7) is 1.97. The van der Waals surface area contributed by atoms with Gasteiger partial charge in [0.05, 0.1) is 12.2 Å². The van der Waals surface area contributed by atoms with Crippen molar-refractivity contribution in [2.24, 2.45) is 0 Å². The molecule has 0 saturated carbocycles. The maximum Gasteiger partial charge on any atom is 0.234 e. The third-order valence-corrected chi connectivity index (χ3v) is 3.78. The van der Waals surface area contributed by atoms with Gasteiger partial charge in [0.25, 0.3) is 0 Å². The van der Waals surface area contributed by atoms with E-state index in [1.54, 1.807) is 11.8 Å². The summed E-state index contributed by atoms with van der Waals surface area (Å²) < 4.78 is 5.07. The SMILES string of the molecule is CCCC(=O)Cc1nc(CSc2cccc(Cl)c2)no1. The van der Waals surface area contributed by atoms with E-state index in [1.807, 2.05) is 31.2 Å². The number of nitrogens with zero attached hydrogens (tertiary/aromatic N) is 2. The molecule has 0 aliphatic carbocycles. The second-order valence-corrected chi connectivity index (χ2v) is 5.80. The number of ketones is 1. The molecule has 0 N–H and O–H groups in total. The first-order valence-electron chi connectivity index (χ1n) is 6.39. The van der Waals surface area contributed by atoms with Gasteiger partial charge in [0, 0.05) is 16.3 Å². The van der Waals surface area contributed by atoms with Crippen molar-refractivity contribution < 1.29 is 9.32 Å². The quantitative estimate of drug-likeness (QED) is 0.725. The molecule has 20 heavy (non-hydrogen) atoms. The number of benzene rings is 1. The summed E-state index contributed by atoms with van der Waals surface area (Å²) in [6, 6.07) is 7.59. The Bertz CT molecular complexity index is 586. The van der Waals surface area contributed by atoms with E-state index in [0.717, 1.165) is 11.3 Å².